The van der Waals surface area contributed by atoms with E-state index in [9.17, 15) is 9.59 Å². The molecule has 0 bridgehead atoms. The van der Waals surface area contributed by atoms with Gasteiger partial charge in [-0.25, -0.2) is 4.79 Å². The van der Waals surface area contributed by atoms with Crippen molar-refractivity contribution in [2.45, 2.75) is 57.9 Å². The van der Waals surface area contributed by atoms with Crippen LogP contribution < -0.4 is 10.6 Å². The van der Waals surface area contributed by atoms with Gasteiger partial charge in [0.1, 0.15) is 0 Å². The van der Waals surface area contributed by atoms with Crippen molar-refractivity contribution < 1.29 is 14.7 Å². The number of nitrogens with one attached hydrogen (secondary N) is 2. The summed E-state index contributed by atoms with van der Waals surface area (Å²) in [7, 11) is 0. The van der Waals surface area contributed by atoms with Crippen LogP contribution in [0, 0.1) is 5.92 Å². The predicted octanol–water partition coefficient (Wildman–Crippen LogP) is 2.12. The largest absolute Gasteiger partial charge is 0.481 e. The molecule has 104 valence electrons. The molecule has 0 radical (unpaired) electrons. The van der Waals surface area contributed by atoms with Gasteiger partial charge in [-0.2, -0.15) is 0 Å². The van der Waals surface area contributed by atoms with Gasteiger partial charge in [0, 0.05) is 18.5 Å². The quantitative estimate of drug-likeness (QED) is 0.653. The summed E-state index contributed by atoms with van der Waals surface area (Å²) < 4.78 is 0. The van der Waals surface area contributed by atoms with Gasteiger partial charge in [0.25, 0.3) is 0 Å². The lowest BCUT2D eigenvalue weighted by Gasteiger charge is -2.41. The molecule has 1 fully saturated rings. The van der Waals surface area contributed by atoms with Gasteiger partial charge in [0.15, 0.2) is 0 Å². The molecule has 1 aliphatic carbocycles. The Bertz CT molecular complexity index is 295. The number of hydrogen-bond acceptors (Lipinski definition) is 2. The zero-order valence-electron chi connectivity index (χ0n) is 11.3. The van der Waals surface area contributed by atoms with Gasteiger partial charge < -0.3 is 15.7 Å². The van der Waals surface area contributed by atoms with Crippen molar-refractivity contribution in [2.24, 2.45) is 5.92 Å². The Kier molecular flexibility index (Phi) is 5.44. The SMILES string of the molecule is CCC(CNC(=O)NC1(CC)CCC1)CC(=O)O. The molecule has 5 heteroatoms. The van der Waals surface area contributed by atoms with Gasteiger partial charge in [-0.05, 0) is 31.6 Å². The van der Waals surface area contributed by atoms with Gasteiger partial charge in [-0.1, -0.05) is 20.3 Å². The van der Waals surface area contributed by atoms with E-state index in [4.69, 9.17) is 5.11 Å². The maximum atomic E-state index is 11.7. The van der Waals surface area contributed by atoms with Crippen LogP contribution in [-0.2, 0) is 4.79 Å². The molecular weight excluding hydrogens is 232 g/mol. The molecule has 0 spiro atoms. The van der Waals surface area contributed by atoms with Crippen LogP contribution in [0.1, 0.15) is 52.4 Å². The van der Waals surface area contributed by atoms with E-state index in [-0.39, 0.29) is 23.9 Å². The normalized spacial score (nSPS) is 18.6. The smallest absolute Gasteiger partial charge is 0.315 e. The van der Waals surface area contributed by atoms with Crippen molar-refractivity contribution >= 4 is 12.0 Å². The van der Waals surface area contributed by atoms with Gasteiger partial charge in [0.05, 0.1) is 0 Å². The molecule has 18 heavy (non-hydrogen) atoms. The van der Waals surface area contributed by atoms with Gasteiger partial charge in [-0.3, -0.25) is 4.79 Å². The summed E-state index contributed by atoms with van der Waals surface area (Å²) in [5.41, 5.74) is -0.0153. The third-order valence-electron chi connectivity index (χ3n) is 3.96. The van der Waals surface area contributed by atoms with E-state index < -0.39 is 5.97 Å². The van der Waals surface area contributed by atoms with E-state index >= 15 is 0 Å². The molecular formula is C13H24N2O3. The van der Waals surface area contributed by atoms with E-state index in [0.717, 1.165) is 25.7 Å². The van der Waals surface area contributed by atoms with Crippen molar-refractivity contribution in [3.8, 4) is 0 Å². The lowest BCUT2D eigenvalue weighted by molar-refractivity contribution is -0.138. The number of amides is 2. The van der Waals surface area contributed by atoms with Gasteiger partial charge in [0.2, 0.25) is 0 Å². The third-order valence-corrected chi connectivity index (χ3v) is 3.96. The minimum atomic E-state index is -0.812. The average molecular weight is 256 g/mol. The Morgan fingerprint density at radius 2 is 2.00 bits per heavy atom. The Morgan fingerprint density at radius 3 is 2.39 bits per heavy atom. The maximum Gasteiger partial charge on any atom is 0.315 e. The maximum absolute atomic E-state index is 11.7. The second kappa shape index (κ2) is 6.61. The topological polar surface area (TPSA) is 78.4 Å². The monoisotopic (exact) mass is 256 g/mol. The summed E-state index contributed by atoms with van der Waals surface area (Å²) in [5, 5.41) is 14.5. The molecule has 0 heterocycles. The Balaban J connectivity index is 2.29. The van der Waals surface area contributed by atoms with Gasteiger partial charge in [-0.15, -0.1) is 0 Å². The van der Waals surface area contributed by atoms with E-state index in [1.54, 1.807) is 0 Å². The fourth-order valence-electron chi connectivity index (χ4n) is 2.30. The first-order valence-electron chi connectivity index (χ1n) is 6.79. The van der Waals surface area contributed by atoms with Crippen LogP contribution >= 0.6 is 0 Å². The van der Waals surface area contributed by atoms with Crippen molar-refractivity contribution in [1.29, 1.82) is 0 Å². The number of rotatable bonds is 7. The lowest BCUT2D eigenvalue weighted by Crippen LogP contribution is -2.56. The fourth-order valence-corrected chi connectivity index (χ4v) is 2.30. The number of carbonyl (C=O) groups is 2. The first-order valence-corrected chi connectivity index (χ1v) is 6.79. The molecule has 0 saturated heterocycles. The number of aliphatic carboxylic acids is 1. The first kappa shape index (κ1) is 14.8. The zero-order valence-corrected chi connectivity index (χ0v) is 11.3. The third kappa shape index (κ3) is 4.20. The Labute approximate surface area is 108 Å². The minimum absolute atomic E-state index is 0.00668. The molecule has 1 rings (SSSR count). The molecule has 1 saturated carbocycles. The molecule has 1 atom stereocenters. The average Bonchev–Trinajstić information content (AvgIpc) is 2.28. The highest BCUT2D eigenvalue weighted by Gasteiger charge is 2.36. The van der Waals surface area contributed by atoms with Crippen molar-refractivity contribution in [3.05, 3.63) is 0 Å². The Morgan fingerprint density at radius 1 is 1.33 bits per heavy atom. The number of hydrogen-bond donors (Lipinski definition) is 3. The van der Waals surface area contributed by atoms with Gasteiger partial charge >= 0.3 is 12.0 Å². The second-order valence-electron chi connectivity index (χ2n) is 5.19. The number of carbonyl (C=O) groups excluding carboxylic acids is 1. The molecule has 2 amide bonds. The molecule has 0 aliphatic heterocycles. The molecule has 0 aromatic carbocycles. The first-order chi connectivity index (χ1) is 8.51. The van der Waals surface area contributed by atoms with Crippen LogP contribution in [0.4, 0.5) is 4.79 Å². The predicted molar refractivity (Wildman–Crippen MR) is 69.4 cm³/mol. The fraction of sp³-hybridized carbons (Fsp3) is 0.846. The highest BCUT2D eigenvalue weighted by atomic mass is 16.4. The van der Waals surface area contributed by atoms with Crippen LogP contribution in [0.3, 0.4) is 0 Å². The zero-order chi connectivity index (χ0) is 13.6. The van der Waals surface area contributed by atoms with Crippen LogP contribution in [-0.4, -0.2) is 29.2 Å². The lowest BCUT2D eigenvalue weighted by atomic mass is 9.75. The van der Waals surface area contributed by atoms with Crippen LogP contribution in [0.25, 0.3) is 0 Å². The molecule has 1 aliphatic rings. The van der Waals surface area contributed by atoms with Crippen LogP contribution in [0.5, 0.6) is 0 Å². The molecule has 3 N–H and O–H groups in total. The Hall–Kier alpha value is -1.26. The van der Waals surface area contributed by atoms with Crippen molar-refractivity contribution in [3.63, 3.8) is 0 Å². The summed E-state index contributed by atoms with van der Waals surface area (Å²) in [5.74, 6) is -0.805. The summed E-state index contributed by atoms with van der Waals surface area (Å²) in [6.45, 7) is 4.44. The highest BCUT2D eigenvalue weighted by molar-refractivity contribution is 5.75. The van der Waals surface area contributed by atoms with Crippen LogP contribution in [0.2, 0.25) is 0 Å². The summed E-state index contributed by atoms with van der Waals surface area (Å²) in [6.07, 6.45) is 5.07. The highest BCUT2D eigenvalue weighted by Crippen LogP contribution is 2.34. The van der Waals surface area contributed by atoms with E-state index in [1.165, 1.54) is 6.42 Å². The molecule has 5 nitrogen and oxygen atoms in total. The van der Waals surface area contributed by atoms with E-state index in [2.05, 4.69) is 17.6 Å². The number of urea groups is 1. The molecule has 1 unspecified atom stereocenters. The number of carboxylic acid groups (broad SMARTS) is 1. The second-order valence-corrected chi connectivity index (χ2v) is 5.19. The summed E-state index contributed by atoms with van der Waals surface area (Å²) in [4.78, 5) is 22.4. The number of carboxylic acids is 1. The van der Waals surface area contributed by atoms with E-state index in [0.29, 0.717) is 6.54 Å². The minimum Gasteiger partial charge on any atom is -0.481 e. The van der Waals surface area contributed by atoms with Crippen molar-refractivity contribution in [2.75, 3.05) is 6.54 Å². The standard InChI is InChI=1S/C13H24N2O3/c1-3-10(8-11(16)17)9-14-12(18)15-13(4-2)6-5-7-13/h10H,3-9H2,1-2H3,(H,16,17)(H2,14,15,18). The summed E-state index contributed by atoms with van der Waals surface area (Å²) in [6, 6.07) is -0.166. The molecule has 0 aromatic rings. The van der Waals surface area contributed by atoms with Crippen molar-refractivity contribution in [1.82, 2.24) is 10.6 Å². The van der Waals surface area contributed by atoms with Crippen LogP contribution in [0.15, 0.2) is 0 Å². The molecule has 0 aromatic heterocycles. The summed E-state index contributed by atoms with van der Waals surface area (Å²) >= 11 is 0. The van der Waals surface area contributed by atoms with E-state index in [1.807, 2.05) is 6.92 Å².